The Morgan fingerprint density at radius 3 is 2.48 bits per heavy atom. The monoisotopic (exact) mass is 361 g/mol. The lowest BCUT2D eigenvalue weighted by atomic mass is 10.1. The van der Waals surface area contributed by atoms with Crippen molar-refractivity contribution in [1.82, 2.24) is 0 Å². The van der Waals surface area contributed by atoms with Crippen LogP contribution < -0.4 is 9.47 Å². The highest BCUT2D eigenvalue weighted by molar-refractivity contribution is 8.03. The third-order valence-corrected chi connectivity index (χ3v) is 4.44. The Morgan fingerprint density at radius 1 is 1.12 bits per heavy atom. The Kier molecular flexibility index (Phi) is 6.43. The summed E-state index contributed by atoms with van der Waals surface area (Å²) in [6.07, 6.45) is 1.68. The molecule has 0 radical (unpaired) electrons. The predicted octanol–water partition coefficient (Wildman–Crippen LogP) is 5.57. The molecule has 130 valence electrons. The van der Waals surface area contributed by atoms with Crippen LogP contribution in [0.5, 0.6) is 11.5 Å². The summed E-state index contributed by atoms with van der Waals surface area (Å²) < 4.78 is 34.2. The van der Waals surface area contributed by atoms with E-state index in [-0.39, 0.29) is 11.5 Å². The SMILES string of the molecule is COc1cc(/C=C(\C#N)Sc2ccc(C)c(C)c2)ccc1OC(F)F. The molecule has 0 atom stereocenters. The van der Waals surface area contributed by atoms with Crippen molar-refractivity contribution in [2.45, 2.75) is 25.4 Å². The van der Waals surface area contributed by atoms with Gasteiger partial charge in [0.05, 0.1) is 12.0 Å². The molecule has 0 aromatic heterocycles. The average molecular weight is 361 g/mol. The topological polar surface area (TPSA) is 42.2 Å². The van der Waals surface area contributed by atoms with Crippen LogP contribution in [0.3, 0.4) is 0 Å². The van der Waals surface area contributed by atoms with Crippen LogP contribution in [0.15, 0.2) is 46.2 Å². The molecule has 0 aliphatic heterocycles. The van der Waals surface area contributed by atoms with Crippen molar-refractivity contribution in [3.05, 3.63) is 58.0 Å². The number of hydrogen-bond acceptors (Lipinski definition) is 4. The van der Waals surface area contributed by atoms with Crippen molar-refractivity contribution in [2.75, 3.05) is 7.11 Å². The summed E-state index contributed by atoms with van der Waals surface area (Å²) in [5.74, 6) is 0.137. The molecule has 0 saturated heterocycles. The lowest BCUT2D eigenvalue weighted by molar-refractivity contribution is -0.0512. The number of allylic oxidation sites excluding steroid dienone is 1. The van der Waals surface area contributed by atoms with E-state index in [1.807, 2.05) is 32.0 Å². The highest BCUT2D eigenvalue weighted by Crippen LogP contribution is 2.33. The van der Waals surface area contributed by atoms with Crippen LogP contribution in [-0.2, 0) is 0 Å². The van der Waals surface area contributed by atoms with Crippen molar-refractivity contribution in [3.8, 4) is 17.6 Å². The molecule has 0 saturated carbocycles. The average Bonchev–Trinajstić information content (AvgIpc) is 2.58. The van der Waals surface area contributed by atoms with Gasteiger partial charge in [0.2, 0.25) is 0 Å². The van der Waals surface area contributed by atoms with E-state index in [1.165, 1.54) is 30.5 Å². The van der Waals surface area contributed by atoms with Crippen molar-refractivity contribution >= 4 is 17.8 Å². The van der Waals surface area contributed by atoms with Gasteiger partial charge in [0.15, 0.2) is 11.5 Å². The molecular formula is C19H17F2NO2S. The van der Waals surface area contributed by atoms with E-state index >= 15 is 0 Å². The molecule has 0 aliphatic rings. The summed E-state index contributed by atoms with van der Waals surface area (Å²) >= 11 is 1.34. The fourth-order valence-corrected chi connectivity index (χ4v) is 2.97. The molecule has 0 spiro atoms. The quantitative estimate of drug-likeness (QED) is 0.498. The first-order chi connectivity index (χ1) is 11.9. The molecule has 0 amide bonds. The highest BCUT2D eigenvalue weighted by Gasteiger charge is 2.11. The molecule has 3 nitrogen and oxygen atoms in total. The standard InChI is InChI=1S/C19H17F2NO2S/c1-12-4-6-15(8-13(12)2)25-16(11-22)9-14-5-7-17(24-19(20)21)18(10-14)23-3/h4-10,19H,1-3H3/b16-9+. The van der Waals surface area contributed by atoms with Gasteiger partial charge in [0.1, 0.15) is 6.07 Å². The predicted molar refractivity (Wildman–Crippen MR) is 95.0 cm³/mol. The van der Waals surface area contributed by atoms with Gasteiger partial charge in [-0.25, -0.2) is 0 Å². The molecule has 2 aromatic rings. The zero-order valence-electron chi connectivity index (χ0n) is 14.0. The summed E-state index contributed by atoms with van der Waals surface area (Å²) in [6, 6.07) is 12.7. The first kappa shape index (κ1) is 18.8. The molecule has 2 aromatic carbocycles. The van der Waals surface area contributed by atoms with Crippen LogP contribution in [0.25, 0.3) is 6.08 Å². The van der Waals surface area contributed by atoms with E-state index < -0.39 is 6.61 Å². The van der Waals surface area contributed by atoms with Crippen molar-refractivity contribution in [3.63, 3.8) is 0 Å². The van der Waals surface area contributed by atoms with Crippen molar-refractivity contribution in [2.24, 2.45) is 0 Å². The van der Waals surface area contributed by atoms with E-state index in [0.29, 0.717) is 10.5 Å². The molecule has 0 heterocycles. The van der Waals surface area contributed by atoms with Crippen LogP contribution in [-0.4, -0.2) is 13.7 Å². The Hall–Kier alpha value is -2.52. The van der Waals surface area contributed by atoms with E-state index in [9.17, 15) is 14.0 Å². The minimum atomic E-state index is -2.93. The number of ether oxygens (including phenoxy) is 2. The first-order valence-corrected chi connectivity index (χ1v) is 8.24. The van der Waals surface area contributed by atoms with Crippen LogP contribution in [0.1, 0.15) is 16.7 Å². The molecule has 6 heteroatoms. The van der Waals surface area contributed by atoms with Gasteiger partial charge in [0.25, 0.3) is 0 Å². The van der Waals surface area contributed by atoms with Gasteiger partial charge in [-0.2, -0.15) is 14.0 Å². The summed E-state index contributed by atoms with van der Waals surface area (Å²) in [6.45, 7) is 1.12. The second-order valence-corrected chi connectivity index (χ2v) is 6.37. The maximum atomic E-state index is 12.4. The first-order valence-electron chi connectivity index (χ1n) is 7.42. The second-order valence-electron chi connectivity index (χ2n) is 5.26. The molecule has 0 N–H and O–H groups in total. The van der Waals surface area contributed by atoms with Gasteiger partial charge in [-0.3, -0.25) is 0 Å². The maximum Gasteiger partial charge on any atom is 0.387 e. The molecule has 0 bridgehead atoms. The number of methoxy groups -OCH3 is 1. The molecule has 2 rings (SSSR count). The fourth-order valence-electron chi connectivity index (χ4n) is 2.11. The number of benzene rings is 2. The second kappa shape index (κ2) is 8.54. The lowest BCUT2D eigenvalue weighted by Crippen LogP contribution is -2.03. The van der Waals surface area contributed by atoms with Crippen molar-refractivity contribution < 1.29 is 18.3 Å². The molecular weight excluding hydrogens is 344 g/mol. The van der Waals surface area contributed by atoms with Gasteiger partial charge in [-0.1, -0.05) is 23.9 Å². The molecule has 0 unspecified atom stereocenters. The smallest absolute Gasteiger partial charge is 0.387 e. The van der Waals surface area contributed by atoms with E-state index in [0.717, 1.165) is 10.5 Å². The fraction of sp³-hybridized carbons (Fsp3) is 0.211. The largest absolute Gasteiger partial charge is 0.493 e. The summed E-state index contributed by atoms with van der Waals surface area (Å²) in [4.78, 5) is 1.44. The van der Waals surface area contributed by atoms with Gasteiger partial charge < -0.3 is 9.47 Å². The van der Waals surface area contributed by atoms with Gasteiger partial charge in [-0.05, 0) is 60.9 Å². The highest BCUT2D eigenvalue weighted by atomic mass is 32.2. The van der Waals surface area contributed by atoms with Gasteiger partial charge in [-0.15, -0.1) is 0 Å². The Bertz CT molecular complexity index is 829. The third kappa shape index (κ3) is 5.23. The lowest BCUT2D eigenvalue weighted by Gasteiger charge is -2.10. The minimum Gasteiger partial charge on any atom is -0.493 e. The normalized spacial score (nSPS) is 11.3. The Morgan fingerprint density at radius 2 is 1.88 bits per heavy atom. The number of alkyl halides is 2. The minimum absolute atomic E-state index is 0.0463. The number of thioether (sulfide) groups is 1. The van der Waals surface area contributed by atoms with E-state index in [2.05, 4.69) is 10.8 Å². The molecule has 0 aliphatic carbocycles. The van der Waals surface area contributed by atoms with Crippen LogP contribution >= 0.6 is 11.8 Å². The Labute approximate surface area is 149 Å². The van der Waals surface area contributed by atoms with Gasteiger partial charge >= 0.3 is 6.61 Å². The maximum absolute atomic E-state index is 12.4. The van der Waals surface area contributed by atoms with Crippen LogP contribution in [0.2, 0.25) is 0 Å². The summed E-state index contributed by atoms with van der Waals surface area (Å²) in [7, 11) is 1.37. The molecule has 25 heavy (non-hydrogen) atoms. The zero-order chi connectivity index (χ0) is 18.4. The van der Waals surface area contributed by atoms with Crippen LogP contribution in [0.4, 0.5) is 8.78 Å². The van der Waals surface area contributed by atoms with Crippen LogP contribution in [0, 0.1) is 25.2 Å². The van der Waals surface area contributed by atoms with Gasteiger partial charge in [0, 0.05) is 4.90 Å². The number of hydrogen-bond donors (Lipinski definition) is 0. The van der Waals surface area contributed by atoms with Crippen molar-refractivity contribution in [1.29, 1.82) is 5.26 Å². The number of nitriles is 1. The molecule has 0 fully saturated rings. The number of nitrogens with zero attached hydrogens (tertiary/aromatic N) is 1. The Balaban J connectivity index is 2.26. The number of halogens is 2. The summed E-state index contributed by atoms with van der Waals surface area (Å²) in [5, 5.41) is 9.38. The van der Waals surface area contributed by atoms with E-state index in [1.54, 1.807) is 18.2 Å². The third-order valence-electron chi connectivity index (χ3n) is 3.52. The van der Waals surface area contributed by atoms with E-state index in [4.69, 9.17) is 4.74 Å². The summed E-state index contributed by atoms with van der Waals surface area (Å²) in [5.41, 5.74) is 3.00. The zero-order valence-corrected chi connectivity index (χ0v) is 14.9. The number of aryl methyl sites for hydroxylation is 2. The number of rotatable bonds is 6.